The van der Waals surface area contributed by atoms with E-state index in [1.54, 1.807) is 6.92 Å². The Kier molecular flexibility index (Phi) is 6.52. The molecule has 0 aliphatic carbocycles. The summed E-state index contributed by atoms with van der Waals surface area (Å²) in [5, 5.41) is 0. The van der Waals surface area contributed by atoms with E-state index in [0.29, 0.717) is 19.6 Å². The highest BCUT2D eigenvalue weighted by Crippen LogP contribution is 2.26. The molecule has 1 atom stereocenters. The molecule has 0 saturated carbocycles. The van der Waals surface area contributed by atoms with Crippen molar-refractivity contribution in [2.24, 2.45) is 5.73 Å². The molecule has 0 aliphatic heterocycles. The SMILES string of the molecule is CCCCOc1ccc(C(N)(CC)C(=O)OCC)cc1. The monoisotopic (exact) mass is 279 g/mol. The minimum Gasteiger partial charge on any atom is -0.494 e. The van der Waals surface area contributed by atoms with Crippen molar-refractivity contribution < 1.29 is 14.3 Å². The first-order chi connectivity index (χ1) is 9.58. The van der Waals surface area contributed by atoms with Crippen LogP contribution < -0.4 is 10.5 Å². The number of unbranched alkanes of at least 4 members (excludes halogenated alkanes) is 1. The van der Waals surface area contributed by atoms with Gasteiger partial charge in [0.2, 0.25) is 0 Å². The maximum Gasteiger partial charge on any atom is 0.330 e. The Morgan fingerprint density at radius 2 is 1.85 bits per heavy atom. The van der Waals surface area contributed by atoms with Crippen LogP contribution in [0.4, 0.5) is 0 Å². The lowest BCUT2D eigenvalue weighted by atomic mass is 9.88. The molecule has 0 spiro atoms. The lowest BCUT2D eigenvalue weighted by Crippen LogP contribution is -2.45. The van der Waals surface area contributed by atoms with Gasteiger partial charge in [0.1, 0.15) is 11.3 Å². The average Bonchev–Trinajstić information content (AvgIpc) is 2.47. The van der Waals surface area contributed by atoms with E-state index in [2.05, 4.69) is 6.92 Å². The van der Waals surface area contributed by atoms with Crippen LogP contribution in [0.1, 0.15) is 45.6 Å². The summed E-state index contributed by atoms with van der Waals surface area (Å²) in [6.07, 6.45) is 2.62. The Morgan fingerprint density at radius 3 is 2.35 bits per heavy atom. The molecular formula is C16H25NO3. The van der Waals surface area contributed by atoms with E-state index in [1.807, 2.05) is 31.2 Å². The normalized spacial score (nSPS) is 13.6. The number of esters is 1. The van der Waals surface area contributed by atoms with Crippen molar-refractivity contribution in [2.75, 3.05) is 13.2 Å². The first-order valence-electron chi connectivity index (χ1n) is 7.27. The van der Waals surface area contributed by atoms with Gasteiger partial charge < -0.3 is 15.2 Å². The van der Waals surface area contributed by atoms with Gasteiger partial charge in [-0.15, -0.1) is 0 Å². The van der Waals surface area contributed by atoms with Gasteiger partial charge in [-0.1, -0.05) is 32.4 Å². The highest BCUT2D eigenvalue weighted by atomic mass is 16.5. The van der Waals surface area contributed by atoms with Crippen molar-refractivity contribution in [1.29, 1.82) is 0 Å². The van der Waals surface area contributed by atoms with Gasteiger partial charge in [0.25, 0.3) is 0 Å². The van der Waals surface area contributed by atoms with Crippen molar-refractivity contribution in [1.82, 2.24) is 0 Å². The van der Waals surface area contributed by atoms with E-state index >= 15 is 0 Å². The van der Waals surface area contributed by atoms with Crippen LogP contribution in [0.2, 0.25) is 0 Å². The minimum absolute atomic E-state index is 0.329. The fourth-order valence-electron chi connectivity index (χ4n) is 1.91. The summed E-state index contributed by atoms with van der Waals surface area (Å²) in [6, 6.07) is 7.37. The van der Waals surface area contributed by atoms with Crippen LogP contribution in [0.3, 0.4) is 0 Å². The molecule has 4 heteroatoms. The molecule has 1 unspecified atom stereocenters. The molecule has 0 aromatic heterocycles. The van der Waals surface area contributed by atoms with Gasteiger partial charge in [0.05, 0.1) is 13.2 Å². The Hall–Kier alpha value is -1.55. The average molecular weight is 279 g/mol. The second kappa shape index (κ2) is 7.90. The van der Waals surface area contributed by atoms with Crippen LogP contribution in [0, 0.1) is 0 Å². The highest BCUT2D eigenvalue weighted by Gasteiger charge is 2.35. The van der Waals surface area contributed by atoms with Crippen LogP contribution in [0.5, 0.6) is 5.75 Å². The molecule has 0 amide bonds. The highest BCUT2D eigenvalue weighted by molar-refractivity contribution is 5.82. The van der Waals surface area contributed by atoms with E-state index in [0.717, 1.165) is 24.2 Å². The number of hydrogen-bond acceptors (Lipinski definition) is 4. The van der Waals surface area contributed by atoms with Crippen LogP contribution in [-0.4, -0.2) is 19.2 Å². The van der Waals surface area contributed by atoms with E-state index in [1.165, 1.54) is 0 Å². The van der Waals surface area contributed by atoms with Crippen molar-refractivity contribution in [2.45, 2.75) is 45.6 Å². The van der Waals surface area contributed by atoms with E-state index in [4.69, 9.17) is 15.2 Å². The molecule has 0 heterocycles. The number of carbonyl (C=O) groups excluding carboxylic acids is 1. The minimum atomic E-state index is -1.09. The number of nitrogens with two attached hydrogens (primary N) is 1. The second-order valence-electron chi connectivity index (χ2n) is 4.77. The zero-order chi connectivity index (χ0) is 15.0. The molecule has 0 aliphatic rings. The van der Waals surface area contributed by atoms with Crippen LogP contribution in [-0.2, 0) is 15.1 Å². The van der Waals surface area contributed by atoms with E-state index < -0.39 is 5.54 Å². The molecule has 4 nitrogen and oxygen atoms in total. The Balaban J connectivity index is 2.81. The van der Waals surface area contributed by atoms with Gasteiger partial charge >= 0.3 is 5.97 Å². The summed E-state index contributed by atoms with van der Waals surface area (Å²) in [6.45, 7) is 6.81. The molecular weight excluding hydrogens is 254 g/mol. The summed E-state index contributed by atoms with van der Waals surface area (Å²) < 4.78 is 10.7. The predicted molar refractivity (Wildman–Crippen MR) is 79.6 cm³/mol. The molecule has 2 N–H and O–H groups in total. The second-order valence-corrected chi connectivity index (χ2v) is 4.77. The lowest BCUT2D eigenvalue weighted by Gasteiger charge is -2.26. The topological polar surface area (TPSA) is 61.5 Å². The molecule has 20 heavy (non-hydrogen) atoms. The summed E-state index contributed by atoms with van der Waals surface area (Å²) in [5.41, 5.74) is 5.87. The predicted octanol–water partition coefficient (Wildman–Crippen LogP) is 2.99. The quantitative estimate of drug-likeness (QED) is 0.587. The molecule has 1 aromatic rings. The summed E-state index contributed by atoms with van der Waals surface area (Å²) >= 11 is 0. The smallest absolute Gasteiger partial charge is 0.330 e. The zero-order valence-electron chi connectivity index (χ0n) is 12.6. The van der Waals surface area contributed by atoms with Crippen LogP contribution in [0.25, 0.3) is 0 Å². The molecule has 112 valence electrons. The third-order valence-corrected chi connectivity index (χ3v) is 3.33. The van der Waals surface area contributed by atoms with Gasteiger partial charge in [-0.25, -0.2) is 4.79 Å². The summed E-state index contributed by atoms with van der Waals surface area (Å²) in [4.78, 5) is 12.0. The van der Waals surface area contributed by atoms with Crippen molar-refractivity contribution in [3.05, 3.63) is 29.8 Å². The number of rotatable bonds is 8. The third-order valence-electron chi connectivity index (χ3n) is 3.33. The van der Waals surface area contributed by atoms with Crippen LogP contribution >= 0.6 is 0 Å². The largest absolute Gasteiger partial charge is 0.494 e. The van der Waals surface area contributed by atoms with Crippen molar-refractivity contribution in [3.8, 4) is 5.75 Å². The Morgan fingerprint density at radius 1 is 1.20 bits per heavy atom. The number of benzene rings is 1. The van der Waals surface area contributed by atoms with E-state index in [-0.39, 0.29) is 5.97 Å². The first kappa shape index (κ1) is 16.5. The molecule has 1 rings (SSSR count). The van der Waals surface area contributed by atoms with Gasteiger partial charge in [0.15, 0.2) is 0 Å². The molecule has 0 bridgehead atoms. The van der Waals surface area contributed by atoms with Gasteiger partial charge in [-0.3, -0.25) is 0 Å². The Labute approximate surface area is 121 Å². The lowest BCUT2D eigenvalue weighted by molar-refractivity contribution is -0.150. The molecule has 0 radical (unpaired) electrons. The molecule has 1 aromatic carbocycles. The maximum atomic E-state index is 12.0. The standard InChI is InChI=1S/C16H25NO3/c1-4-7-12-20-14-10-8-13(9-11-14)16(17,5-2)15(18)19-6-3/h8-11H,4-7,12,17H2,1-3H3. The van der Waals surface area contributed by atoms with Crippen molar-refractivity contribution >= 4 is 5.97 Å². The number of hydrogen-bond donors (Lipinski definition) is 1. The van der Waals surface area contributed by atoms with Crippen LogP contribution in [0.15, 0.2) is 24.3 Å². The van der Waals surface area contributed by atoms with E-state index in [9.17, 15) is 4.79 Å². The summed E-state index contributed by atoms with van der Waals surface area (Å²) in [5.74, 6) is 0.409. The summed E-state index contributed by atoms with van der Waals surface area (Å²) in [7, 11) is 0. The first-order valence-corrected chi connectivity index (χ1v) is 7.27. The molecule has 0 fully saturated rings. The number of carbonyl (C=O) groups is 1. The number of ether oxygens (including phenoxy) is 2. The van der Waals surface area contributed by atoms with Gasteiger partial charge in [-0.05, 0) is 37.5 Å². The van der Waals surface area contributed by atoms with Crippen molar-refractivity contribution in [3.63, 3.8) is 0 Å². The van der Waals surface area contributed by atoms with Gasteiger partial charge in [-0.2, -0.15) is 0 Å². The fourth-order valence-corrected chi connectivity index (χ4v) is 1.91. The molecule has 0 saturated heterocycles. The Bertz CT molecular complexity index is 416. The maximum absolute atomic E-state index is 12.0. The van der Waals surface area contributed by atoms with Gasteiger partial charge in [0, 0.05) is 0 Å². The zero-order valence-corrected chi connectivity index (χ0v) is 12.6. The fraction of sp³-hybridized carbons (Fsp3) is 0.562. The third kappa shape index (κ3) is 3.97.